The van der Waals surface area contributed by atoms with Crippen LogP contribution in [-0.4, -0.2) is 56.2 Å². The highest BCUT2D eigenvalue weighted by Crippen LogP contribution is 2.21. The third-order valence-corrected chi connectivity index (χ3v) is 5.13. The van der Waals surface area contributed by atoms with Crippen LogP contribution in [0.5, 0.6) is 0 Å². The molecule has 5 nitrogen and oxygen atoms in total. The minimum atomic E-state index is -0.0772. The minimum Gasteiger partial charge on any atom is -0.378 e. The minimum absolute atomic E-state index is 0.0772. The molecule has 24 heavy (non-hydrogen) atoms. The van der Waals surface area contributed by atoms with Crippen molar-refractivity contribution in [1.82, 2.24) is 4.90 Å². The molecule has 2 atom stereocenters. The molecular formula is C19H29N3O2. The molecular weight excluding hydrogens is 302 g/mol. The summed E-state index contributed by atoms with van der Waals surface area (Å²) >= 11 is 0. The zero-order valence-electron chi connectivity index (χ0n) is 14.8. The molecule has 2 fully saturated rings. The Morgan fingerprint density at radius 1 is 1.21 bits per heavy atom. The summed E-state index contributed by atoms with van der Waals surface area (Å²) in [5, 5.41) is 3.06. The molecule has 1 aromatic rings. The van der Waals surface area contributed by atoms with Gasteiger partial charge < -0.3 is 15.0 Å². The van der Waals surface area contributed by atoms with Gasteiger partial charge in [0.15, 0.2) is 0 Å². The number of likely N-dealkylation sites (tertiary alicyclic amines) is 1. The third-order valence-electron chi connectivity index (χ3n) is 5.13. The van der Waals surface area contributed by atoms with Crippen LogP contribution in [0.25, 0.3) is 0 Å². The van der Waals surface area contributed by atoms with Crippen LogP contribution in [0.15, 0.2) is 24.3 Å². The number of benzene rings is 1. The van der Waals surface area contributed by atoms with Gasteiger partial charge in [-0.3, -0.25) is 9.69 Å². The van der Waals surface area contributed by atoms with Gasteiger partial charge in [0.1, 0.15) is 0 Å². The summed E-state index contributed by atoms with van der Waals surface area (Å²) in [6, 6.07) is 8.07. The van der Waals surface area contributed by atoms with Gasteiger partial charge in [0.2, 0.25) is 5.91 Å². The maximum atomic E-state index is 12.5. The van der Waals surface area contributed by atoms with Gasteiger partial charge in [-0.2, -0.15) is 0 Å². The van der Waals surface area contributed by atoms with Gasteiger partial charge in [0.25, 0.3) is 0 Å². The first-order chi connectivity index (χ1) is 11.6. The van der Waals surface area contributed by atoms with Crippen LogP contribution >= 0.6 is 0 Å². The summed E-state index contributed by atoms with van der Waals surface area (Å²) < 4.78 is 5.39. The van der Waals surface area contributed by atoms with E-state index in [-0.39, 0.29) is 11.9 Å². The normalized spacial score (nSPS) is 23.8. The summed E-state index contributed by atoms with van der Waals surface area (Å²) in [4.78, 5) is 17.1. The number of ether oxygens (including phenoxy) is 1. The summed E-state index contributed by atoms with van der Waals surface area (Å²) in [6.45, 7) is 9.73. The van der Waals surface area contributed by atoms with Gasteiger partial charge in [-0.05, 0) is 56.5 Å². The van der Waals surface area contributed by atoms with E-state index in [4.69, 9.17) is 4.74 Å². The van der Waals surface area contributed by atoms with E-state index in [1.165, 1.54) is 18.5 Å². The molecule has 132 valence electrons. The molecule has 0 aromatic heterocycles. The van der Waals surface area contributed by atoms with E-state index in [1.54, 1.807) is 0 Å². The van der Waals surface area contributed by atoms with Crippen molar-refractivity contribution in [2.45, 2.75) is 32.7 Å². The maximum Gasteiger partial charge on any atom is 0.241 e. The lowest BCUT2D eigenvalue weighted by atomic mass is 9.99. The van der Waals surface area contributed by atoms with Crippen LogP contribution < -0.4 is 10.2 Å². The molecule has 2 unspecified atom stereocenters. The summed E-state index contributed by atoms with van der Waals surface area (Å²) in [7, 11) is 0. The van der Waals surface area contributed by atoms with Crippen molar-refractivity contribution in [3.05, 3.63) is 24.3 Å². The summed E-state index contributed by atoms with van der Waals surface area (Å²) in [5.41, 5.74) is 2.06. The van der Waals surface area contributed by atoms with Crippen LogP contribution in [-0.2, 0) is 9.53 Å². The molecule has 0 spiro atoms. The second-order valence-corrected chi connectivity index (χ2v) is 7.05. The van der Waals surface area contributed by atoms with Gasteiger partial charge >= 0.3 is 0 Å². The van der Waals surface area contributed by atoms with Gasteiger partial charge in [0, 0.05) is 31.0 Å². The SMILES string of the molecule is CC1CCCN(C(C)C(=O)Nc2ccc(N3CCOCC3)cc2)C1. The Kier molecular flexibility index (Phi) is 5.74. The number of hydrogen-bond donors (Lipinski definition) is 1. The van der Waals surface area contributed by atoms with Crippen LogP contribution in [0.4, 0.5) is 11.4 Å². The Morgan fingerprint density at radius 2 is 1.92 bits per heavy atom. The molecule has 0 saturated carbocycles. The molecule has 3 rings (SSSR count). The van der Waals surface area contributed by atoms with E-state index in [0.717, 1.165) is 45.1 Å². The molecule has 0 radical (unpaired) electrons. The lowest BCUT2D eigenvalue weighted by Crippen LogP contribution is -2.46. The van der Waals surface area contributed by atoms with Crippen LogP contribution in [0.2, 0.25) is 0 Å². The lowest BCUT2D eigenvalue weighted by molar-refractivity contribution is -0.121. The van der Waals surface area contributed by atoms with E-state index in [1.807, 2.05) is 19.1 Å². The standard InChI is InChI=1S/C19H29N3O2/c1-15-4-3-9-22(14-15)16(2)19(23)20-17-5-7-18(8-6-17)21-10-12-24-13-11-21/h5-8,15-16H,3-4,9-14H2,1-2H3,(H,20,23). The highest BCUT2D eigenvalue weighted by atomic mass is 16.5. The van der Waals surface area contributed by atoms with Gasteiger partial charge in [-0.25, -0.2) is 0 Å². The zero-order valence-corrected chi connectivity index (χ0v) is 14.8. The number of carbonyl (C=O) groups is 1. The first-order valence-corrected chi connectivity index (χ1v) is 9.11. The van der Waals surface area contributed by atoms with E-state index >= 15 is 0 Å². The Balaban J connectivity index is 1.55. The van der Waals surface area contributed by atoms with Crippen molar-refractivity contribution in [3.63, 3.8) is 0 Å². The Labute approximate surface area is 145 Å². The predicted molar refractivity (Wildman–Crippen MR) is 97.5 cm³/mol. The number of morpholine rings is 1. The quantitative estimate of drug-likeness (QED) is 0.921. The first-order valence-electron chi connectivity index (χ1n) is 9.11. The maximum absolute atomic E-state index is 12.5. The summed E-state index contributed by atoms with van der Waals surface area (Å²) in [5.74, 6) is 0.769. The molecule has 5 heteroatoms. The van der Waals surface area contributed by atoms with Crippen molar-refractivity contribution < 1.29 is 9.53 Å². The lowest BCUT2D eigenvalue weighted by Gasteiger charge is -2.34. The molecule has 2 aliphatic rings. The molecule has 1 amide bonds. The number of anilines is 2. The van der Waals surface area contributed by atoms with Crippen molar-refractivity contribution in [2.24, 2.45) is 5.92 Å². The number of rotatable bonds is 4. The number of hydrogen-bond acceptors (Lipinski definition) is 4. The average molecular weight is 331 g/mol. The monoisotopic (exact) mass is 331 g/mol. The smallest absolute Gasteiger partial charge is 0.241 e. The fraction of sp³-hybridized carbons (Fsp3) is 0.632. The molecule has 2 heterocycles. The fourth-order valence-corrected chi connectivity index (χ4v) is 3.57. The van der Waals surface area contributed by atoms with Crippen molar-refractivity contribution in [1.29, 1.82) is 0 Å². The highest BCUT2D eigenvalue weighted by molar-refractivity contribution is 5.94. The Hall–Kier alpha value is -1.59. The molecule has 0 bridgehead atoms. The van der Waals surface area contributed by atoms with Crippen molar-refractivity contribution >= 4 is 17.3 Å². The molecule has 0 aliphatic carbocycles. The second kappa shape index (κ2) is 7.99. The van der Waals surface area contributed by atoms with E-state index < -0.39 is 0 Å². The average Bonchev–Trinajstić information content (AvgIpc) is 2.62. The molecule has 1 aromatic carbocycles. The number of amides is 1. The van der Waals surface area contributed by atoms with Gasteiger partial charge in [-0.1, -0.05) is 6.92 Å². The van der Waals surface area contributed by atoms with Crippen LogP contribution in [0, 0.1) is 5.92 Å². The van der Waals surface area contributed by atoms with E-state index in [9.17, 15) is 4.79 Å². The Morgan fingerprint density at radius 3 is 2.58 bits per heavy atom. The van der Waals surface area contributed by atoms with E-state index in [2.05, 4.69) is 34.2 Å². The van der Waals surface area contributed by atoms with Gasteiger partial charge in [0.05, 0.1) is 19.3 Å². The number of nitrogens with zero attached hydrogens (tertiary/aromatic N) is 2. The molecule has 2 aliphatic heterocycles. The highest BCUT2D eigenvalue weighted by Gasteiger charge is 2.25. The van der Waals surface area contributed by atoms with Gasteiger partial charge in [-0.15, -0.1) is 0 Å². The van der Waals surface area contributed by atoms with Crippen molar-refractivity contribution in [2.75, 3.05) is 49.6 Å². The topological polar surface area (TPSA) is 44.8 Å². The van der Waals surface area contributed by atoms with Crippen LogP contribution in [0.1, 0.15) is 26.7 Å². The predicted octanol–water partition coefficient (Wildman–Crippen LogP) is 2.58. The number of nitrogens with one attached hydrogen (secondary N) is 1. The number of piperidine rings is 1. The molecule has 1 N–H and O–H groups in total. The van der Waals surface area contributed by atoms with Crippen molar-refractivity contribution in [3.8, 4) is 0 Å². The third kappa shape index (κ3) is 4.28. The first kappa shape index (κ1) is 17.2. The number of carbonyl (C=O) groups excluding carboxylic acids is 1. The fourth-order valence-electron chi connectivity index (χ4n) is 3.57. The Bertz CT molecular complexity index is 540. The summed E-state index contributed by atoms with van der Waals surface area (Å²) in [6.07, 6.45) is 2.46. The zero-order chi connectivity index (χ0) is 16.9. The second-order valence-electron chi connectivity index (χ2n) is 7.05. The molecule has 2 saturated heterocycles. The largest absolute Gasteiger partial charge is 0.378 e. The van der Waals surface area contributed by atoms with E-state index in [0.29, 0.717) is 5.92 Å². The van der Waals surface area contributed by atoms with Crippen LogP contribution in [0.3, 0.4) is 0 Å².